The highest BCUT2D eigenvalue weighted by molar-refractivity contribution is 7.91. The lowest BCUT2D eigenvalue weighted by Crippen LogP contribution is -2.12. The molecule has 0 spiro atoms. The Labute approximate surface area is 183 Å². The Morgan fingerprint density at radius 2 is 1.87 bits per heavy atom. The van der Waals surface area contributed by atoms with E-state index in [2.05, 4.69) is 10.4 Å². The lowest BCUT2D eigenvalue weighted by molar-refractivity contribution is -0.137. The maximum atomic E-state index is 13.0. The van der Waals surface area contributed by atoms with Gasteiger partial charge in [-0.15, -0.1) is 0 Å². The average molecular weight is 464 g/mol. The minimum Gasteiger partial charge on any atom is -0.497 e. The number of hydrogen-bond acceptors (Lipinski definition) is 6. The van der Waals surface area contributed by atoms with E-state index in [0.29, 0.717) is 5.02 Å². The summed E-state index contributed by atoms with van der Waals surface area (Å²) < 4.78 is 32.5. The largest absolute Gasteiger partial charge is 0.497 e. The molecule has 2 aromatic carbocycles. The van der Waals surface area contributed by atoms with Gasteiger partial charge in [-0.05, 0) is 36.4 Å². The molecule has 3 aromatic rings. The van der Waals surface area contributed by atoms with Crippen LogP contribution in [0, 0.1) is 0 Å². The molecule has 162 valence electrons. The summed E-state index contributed by atoms with van der Waals surface area (Å²) in [6, 6.07) is 9.87. The van der Waals surface area contributed by atoms with Crippen LogP contribution < -0.4 is 10.1 Å². The topological polar surface area (TPSA) is 128 Å². The van der Waals surface area contributed by atoms with Gasteiger partial charge in [-0.2, -0.15) is 5.10 Å². The van der Waals surface area contributed by atoms with Crippen LogP contribution in [0.5, 0.6) is 5.75 Å². The summed E-state index contributed by atoms with van der Waals surface area (Å²) in [5, 5.41) is 15.7. The van der Waals surface area contributed by atoms with E-state index in [1.807, 2.05) is 0 Å². The number of hydrogen-bond donors (Lipinski definition) is 2. The Balaban J connectivity index is 1.86. The van der Waals surface area contributed by atoms with Crippen LogP contribution in [0.15, 0.2) is 64.6 Å². The van der Waals surface area contributed by atoms with Crippen molar-refractivity contribution in [3.63, 3.8) is 0 Å². The monoisotopic (exact) mass is 463 g/mol. The van der Waals surface area contributed by atoms with E-state index in [1.54, 1.807) is 0 Å². The Bertz CT molecular complexity index is 1220. The van der Waals surface area contributed by atoms with Crippen LogP contribution in [0.4, 0.5) is 5.69 Å². The quantitative estimate of drug-likeness (QED) is 0.525. The van der Waals surface area contributed by atoms with Crippen LogP contribution in [-0.4, -0.2) is 42.3 Å². The fraction of sp³-hybridized carbons (Fsp3) is 0.150. The second-order valence-corrected chi connectivity index (χ2v) is 8.83. The molecule has 9 nitrogen and oxygen atoms in total. The normalized spacial score (nSPS) is 11.2. The standard InChI is InChI=1S/C20H18ClN3O6S/c1-30-16-8-15(23-20(27)13-11-22-24(12-13)7-6-19(25)26)9-18(10-16)31(28,29)17-4-2-14(21)3-5-17/h2-5,8-12H,6-7H2,1H3,(H,23,27)(H,25,26). The molecule has 0 aliphatic rings. The van der Waals surface area contributed by atoms with Gasteiger partial charge in [-0.3, -0.25) is 14.3 Å². The van der Waals surface area contributed by atoms with Crippen molar-refractivity contribution in [1.82, 2.24) is 9.78 Å². The summed E-state index contributed by atoms with van der Waals surface area (Å²) in [5.74, 6) is -1.28. The van der Waals surface area contributed by atoms with Gasteiger partial charge in [0.15, 0.2) is 0 Å². The molecule has 1 amide bonds. The molecule has 3 rings (SSSR count). The number of nitrogens with zero attached hydrogens (tertiary/aromatic N) is 2. The lowest BCUT2D eigenvalue weighted by Gasteiger charge is -2.11. The summed E-state index contributed by atoms with van der Waals surface area (Å²) in [5.41, 5.74) is 0.394. The number of amides is 1. The van der Waals surface area contributed by atoms with Gasteiger partial charge in [0.05, 0.1) is 41.6 Å². The van der Waals surface area contributed by atoms with Crippen molar-refractivity contribution in [3.05, 3.63) is 65.4 Å². The number of rotatable bonds is 8. The van der Waals surface area contributed by atoms with E-state index in [9.17, 15) is 18.0 Å². The highest BCUT2D eigenvalue weighted by Gasteiger charge is 2.20. The molecular weight excluding hydrogens is 446 g/mol. The Kier molecular flexibility index (Phi) is 6.62. The van der Waals surface area contributed by atoms with Gasteiger partial charge in [-0.1, -0.05) is 11.6 Å². The summed E-state index contributed by atoms with van der Waals surface area (Å²) >= 11 is 5.83. The zero-order chi connectivity index (χ0) is 22.6. The van der Waals surface area contributed by atoms with E-state index in [-0.39, 0.29) is 39.8 Å². The number of benzene rings is 2. The Morgan fingerprint density at radius 3 is 2.52 bits per heavy atom. The molecule has 2 N–H and O–H groups in total. The van der Waals surface area contributed by atoms with Crippen LogP contribution in [-0.2, 0) is 21.2 Å². The van der Waals surface area contributed by atoms with Gasteiger partial charge in [0, 0.05) is 23.0 Å². The van der Waals surface area contributed by atoms with Crippen molar-refractivity contribution in [2.75, 3.05) is 12.4 Å². The number of anilines is 1. The van der Waals surface area contributed by atoms with E-state index in [4.69, 9.17) is 21.4 Å². The molecule has 0 radical (unpaired) electrons. The first kappa shape index (κ1) is 22.3. The minimum atomic E-state index is -3.88. The first-order chi connectivity index (χ1) is 14.7. The molecule has 0 aliphatic heterocycles. The molecule has 11 heteroatoms. The van der Waals surface area contributed by atoms with Crippen LogP contribution in [0.1, 0.15) is 16.8 Å². The number of aromatic nitrogens is 2. The number of sulfone groups is 1. The Hall–Kier alpha value is -3.37. The number of carbonyl (C=O) groups is 2. The molecular formula is C20H18ClN3O6S. The maximum absolute atomic E-state index is 13.0. The Morgan fingerprint density at radius 1 is 1.16 bits per heavy atom. The second kappa shape index (κ2) is 9.19. The van der Waals surface area contributed by atoms with Gasteiger partial charge >= 0.3 is 5.97 Å². The van der Waals surface area contributed by atoms with E-state index in [1.165, 1.54) is 66.6 Å². The van der Waals surface area contributed by atoms with Gasteiger partial charge in [0.2, 0.25) is 9.84 Å². The molecule has 0 saturated carbocycles. The summed E-state index contributed by atoms with van der Waals surface area (Å²) in [4.78, 5) is 23.2. The van der Waals surface area contributed by atoms with Crippen LogP contribution in [0.25, 0.3) is 0 Å². The highest BCUT2D eigenvalue weighted by atomic mass is 35.5. The van der Waals surface area contributed by atoms with Crippen LogP contribution >= 0.6 is 11.6 Å². The number of ether oxygens (including phenoxy) is 1. The summed E-state index contributed by atoms with van der Waals surface area (Å²) in [6.07, 6.45) is 2.57. The SMILES string of the molecule is COc1cc(NC(=O)c2cnn(CCC(=O)O)c2)cc(S(=O)(=O)c2ccc(Cl)cc2)c1. The highest BCUT2D eigenvalue weighted by Crippen LogP contribution is 2.29. The lowest BCUT2D eigenvalue weighted by atomic mass is 10.2. The summed E-state index contributed by atoms with van der Waals surface area (Å²) in [7, 11) is -2.50. The number of aryl methyl sites for hydroxylation is 1. The molecule has 31 heavy (non-hydrogen) atoms. The zero-order valence-electron chi connectivity index (χ0n) is 16.3. The number of aliphatic carboxylic acids is 1. The number of carboxylic acid groups (broad SMARTS) is 1. The van der Waals surface area contributed by atoms with E-state index in [0.717, 1.165) is 0 Å². The third-order valence-electron chi connectivity index (χ3n) is 4.26. The molecule has 1 heterocycles. The van der Waals surface area contributed by atoms with E-state index < -0.39 is 21.7 Å². The zero-order valence-corrected chi connectivity index (χ0v) is 17.9. The predicted molar refractivity (Wildman–Crippen MR) is 112 cm³/mol. The molecule has 0 aliphatic carbocycles. The van der Waals surface area contributed by atoms with Crippen molar-refractivity contribution >= 4 is 39.0 Å². The second-order valence-electron chi connectivity index (χ2n) is 6.44. The molecule has 1 aromatic heterocycles. The first-order valence-electron chi connectivity index (χ1n) is 8.94. The first-order valence-corrected chi connectivity index (χ1v) is 10.8. The van der Waals surface area contributed by atoms with Crippen molar-refractivity contribution in [2.45, 2.75) is 22.8 Å². The minimum absolute atomic E-state index is 0.0436. The third kappa shape index (κ3) is 5.41. The molecule has 0 bridgehead atoms. The average Bonchev–Trinajstić information content (AvgIpc) is 3.21. The van der Waals surface area contributed by atoms with Crippen LogP contribution in [0.2, 0.25) is 5.02 Å². The van der Waals surface area contributed by atoms with Crippen molar-refractivity contribution < 1.29 is 27.9 Å². The van der Waals surface area contributed by atoms with E-state index >= 15 is 0 Å². The number of nitrogens with one attached hydrogen (secondary N) is 1. The van der Waals surface area contributed by atoms with Crippen LogP contribution in [0.3, 0.4) is 0 Å². The number of halogens is 1. The third-order valence-corrected chi connectivity index (χ3v) is 6.26. The van der Waals surface area contributed by atoms with Crippen molar-refractivity contribution in [3.8, 4) is 5.75 Å². The molecule has 0 fully saturated rings. The summed E-state index contributed by atoms with van der Waals surface area (Å²) in [6.45, 7) is 0.116. The number of methoxy groups -OCH3 is 1. The number of carboxylic acids is 1. The number of carbonyl (C=O) groups excluding carboxylic acids is 1. The van der Waals surface area contributed by atoms with Gasteiger partial charge in [-0.25, -0.2) is 8.42 Å². The van der Waals surface area contributed by atoms with Gasteiger partial charge in [0.1, 0.15) is 5.75 Å². The fourth-order valence-electron chi connectivity index (χ4n) is 2.68. The van der Waals surface area contributed by atoms with Crippen molar-refractivity contribution in [2.24, 2.45) is 0 Å². The maximum Gasteiger partial charge on any atom is 0.305 e. The molecule has 0 saturated heterocycles. The van der Waals surface area contributed by atoms with Gasteiger partial charge in [0.25, 0.3) is 5.91 Å². The van der Waals surface area contributed by atoms with Crippen molar-refractivity contribution in [1.29, 1.82) is 0 Å². The molecule has 0 unspecified atom stereocenters. The molecule has 0 atom stereocenters. The smallest absolute Gasteiger partial charge is 0.305 e. The fourth-order valence-corrected chi connectivity index (χ4v) is 4.13. The van der Waals surface area contributed by atoms with Gasteiger partial charge < -0.3 is 15.2 Å². The predicted octanol–water partition coefficient (Wildman–Crippen LogP) is 3.10.